The molecule has 0 aliphatic carbocycles. The van der Waals surface area contributed by atoms with Crippen molar-refractivity contribution in [2.45, 2.75) is 64.3 Å². The zero-order chi connectivity index (χ0) is 26.0. The van der Waals surface area contributed by atoms with Crippen molar-refractivity contribution in [2.75, 3.05) is 6.54 Å². The summed E-state index contributed by atoms with van der Waals surface area (Å²) >= 11 is 1.24. The molecule has 0 radical (unpaired) electrons. The molecule has 9 heteroatoms. The largest absolute Gasteiger partial charge is 0.444 e. The van der Waals surface area contributed by atoms with E-state index in [1.54, 1.807) is 11.6 Å². The van der Waals surface area contributed by atoms with Crippen molar-refractivity contribution in [1.82, 2.24) is 14.8 Å². The number of piperidine rings is 1. The first-order valence-electron chi connectivity index (χ1n) is 12.3. The summed E-state index contributed by atoms with van der Waals surface area (Å²) in [6.45, 7) is 5.94. The maximum Gasteiger partial charge on any atom is 0.410 e. The van der Waals surface area contributed by atoms with Crippen molar-refractivity contribution in [3.05, 3.63) is 57.7 Å². The van der Waals surface area contributed by atoms with Crippen LogP contribution in [0.3, 0.4) is 0 Å². The fourth-order valence-electron chi connectivity index (χ4n) is 4.47. The first-order valence-corrected chi connectivity index (χ1v) is 13.1. The standard InChI is InChI=1S/C27H34N4O4S/c1-27(2,3)35-25(33)31-14-6-5-7-21(31)24(32)29-23(28)15-17-8-10-18(11-9-17)19-12-13-20-22(16-19)36-26(34)30(20)4/h8-13,16,21,23H,5-7,14-15,28H2,1-4H3,(H,29,32)/t21-,23-/m0/s1. The van der Waals surface area contributed by atoms with Gasteiger partial charge in [-0.2, -0.15) is 0 Å². The molecule has 2 aromatic carbocycles. The Morgan fingerprint density at radius 2 is 1.83 bits per heavy atom. The van der Waals surface area contributed by atoms with Gasteiger partial charge in [0, 0.05) is 20.0 Å². The van der Waals surface area contributed by atoms with Crippen molar-refractivity contribution in [2.24, 2.45) is 12.8 Å². The van der Waals surface area contributed by atoms with Gasteiger partial charge in [0.25, 0.3) is 0 Å². The topological polar surface area (TPSA) is 107 Å². The van der Waals surface area contributed by atoms with Crippen LogP contribution >= 0.6 is 11.3 Å². The second-order valence-corrected chi connectivity index (χ2v) is 11.3. The van der Waals surface area contributed by atoms with Gasteiger partial charge in [-0.25, -0.2) is 4.79 Å². The van der Waals surface area contributed by atoms with Gasteiger partial charge in [0.2, 0.25) is 5.91 Å². The maximum atomic E-state index is 13.0. The molecular weight excluding hydrogens is 476 g/mol. The number of likely N-dealkylation sites (tertiary alicyclic amines) is 1. The molecule has 1 aliphatic rings. The van der Waals surface area contributed by atoms with Crippen LogP contribution in [0.5, 0.6) is 0 Å². The Bertz CT molecular complexity index is 1310. The van der Waals surface area contributed by atoms with Gasteiger partial charge in [0.15, 0.2) is 0 Å². The van der Waals surface area contributed by atoms with Gasteiger partial charge in [-0.15, -0.1) is 0 Å². The molecule has 0 bridgehead atoms. The molecule has 1 saturated heterocycles. The number of hydrogen-bond donors (Lipinski definition) is 2. The summed E-state index contributed by atoms with van der Waals surface area (Å²) in [5.41, 5.74) is 9.64. The lowest BCUT2D eigenvalue weighted by atomic mass is 10.0. The summed E-state index contributed by atoms with van der Waals surface area (Å²) in [5, 5.41) is 2.88. The highest BCUT2D eigenvalue weighted by Crippen LogP contribution is 2.26. The molecule has 2 atom stereocenters. The Kier molecular flexibility index (Phi) is 7.51. The van der Waals surface area contributed by atoms with Crippen LogP contribution in [0.1, 0.15) is 45.6 Å². The summed E-state index contributed by atoms with van der Waals surface area (Å²) in [6, 6.07) is 13.4. The van der Waals surface area contributed by atoms with E-state index in [4.69, 9.17) is 10.5 Å². The minimum absolute atomic E-state index is 0.0241. The van der Waals surface area contributed by atoms with Crippen LogP contribution in [0.15, 0.2) is 47.3 Å². The summed E-state index contributed by atoms with van der Waals surface area (Å²) in [7, 11) is 1.78. The Hall–Kier alpha value is -3.17. The van der Waals surface area contributed by atoms with Crippen LogP contribution in [-0.2, 0) is 23.0 Å². The Balaban J connectivity index is 1.38. The molecule has 0 saturated carbocycles. The smallest absolute Gasteiger partial charge is 0.410 e. The first-order chi connectivity index (χ1) is 17.0. The number of nitrogens with two attached hydrogens (primary N) is 1. The highest BCUT2D eigenvalue weighted by atomic mass is 32.1. The van der Waals surface area contributed by atoms with E-state index in [0.717, 1.165) is 39.7 Å². The first kappa shape index (κ1) is 25.9. The van der Waals surface area contributed by atoms with Crippen LogP contribution in [0.2, 0.25) is 0 Å². The van der Waals surface area contributed by atoms with Gasteiger partial charge in [0.05, 0.1) is 16.4 Å². The predicted octanol–water partition coefficient (Wildman–Crippen LogP) is 4.00. The SMILES string of the molecule is Cn1c(=O)sc2cc(-c3ccc(C[C@@H](N)NC(=O)[C@@H]4CCCCN4C(=O)OC(C)(C)C)cc3)ccc21. The number of ether oxygens (including phenoxy) is 1. The normalized spacial score (nSPS) is 17.1. The average Bonchev–Trinajstić information content (AvgIpc) is 3.11. The number of nitrogens with one attached hydrogen (secondary N) is 1. The number of aryl methyl sites for hydroxylation is 1. The number of thiazole rings is 1. The highest BCUT2D eigenvalue weighted by molar-refractivity contribution is 7.16. The van der Waals surface area contributed by atoms with Crippen LogP contribution in [0.4, 0.5) is 4.79 Å². The van der Waals surface area contributed by atoms with Gasteiger partial charge in [-0.05, 0) is 68.9 Å². The summed E-state index contributed by atoms with van der Waals surface area (Å²) in [5.74, 6) is -0.250. The fourth-order valence-corrected chi connectivity index (χ4v) is 5.39. The molecule has 4 rings (SSSR count). The fraction of sp³-hybridized carbons (Fsp3) is 0.444. The monoisotopic (exact) mass is 510 g/mol. The number of fused-ring (bicyclic) bond motifs is 1. The van der Waals surface area contributed by atoms with Gasteiger partial charge in [0.1, 0.15) is 11.6 Å². The molecule has 1 aliphatic heterocycles. The third-order valence-corrected chi connectivity index (χ3v) is 7.29. The molecule has 192 valence electrons. The lowest BCUT2D eigenvalue weighted by Crippen LogP contribution is -2.56. The third kappa shape index (κ3) is 5.96. The molecule has 1 aromatic heterocycles. The number of carbonyl (C=O) groups is 2. The zero-order valence-corrected chi connectivity index (χ0v) is 22.1. The third-order valence-electron chi connectivity index (χ3n) is 6.30. The van der Waals surface area contributed by atoms with Crippen molar-refractivity contribution >= 4 is 33.6 Å². The lowest BCUT2D eigenvalue weighted by molar-refractivity contribution is -0.128. The van der Waals surface area contributed by atoms with Crippen molar-refractivity contribution < 1.29 is 14.3 Å². The van der Waals surface area contributed by atoms with Crippen LogP contribution in [0, 0.1) is 0 Å². The molecule has 2 heterocycles. The lowest BCUT2D eigenvalue weighted by Gasteiger charge is -2.36. The molecule has 1 fully saturated rings. The highest BCUT2D eigenvalue weighted by Gasteiger charge is 2.35. The second-order valence-electron chi connectivity index (χ2n) is 10.3. The van der Waals surface area contributed by atoms with Gasteiger partial charge >= 0.3 is 11.0 Å². The number of nitrogens with zero attached hydrogens (tertiary/aromatic N) is 2. The molecule has 3 aromatic rings. The van der Waals surface area contributed by atoms with Gasteiger partial charge < -0.3 is 20.4 Å². The van der Waals surface area contributed by atoms with Crippen LogP contribution < -0.4 is 15.9 Å². The van der Waals surface area contributed by atoms with E-state index < -0.39 is 23.9 Å². The molecule has 0 spiro atoms. The number of hydrogen-bond acceptors (Lipinski definition) is 6. The number of aromatic nitrogens is 1. The van der Waals surface area contributed by atoms with Crippen molar-refractivity contribution in [1.29, 1.82) is 0 Å². The molecule has 36 heavy (non-hydrogen) atoms. The Morgan fingerprint density at radius 1 is 1.14 bits per heavy atom. The summed E-state index contributed by atoms with van der Waals surface area (Å²) in [4.78, 5) is 39.1. The maximum absolute atomic E-state index is 13.0. The minimum Gasteiger partial charge on any atom is -0.444 e. The molecule has 0 unspecified atom stereocenters. The summed E-state index contributed by atoms with van der Waals surface area (Å²) < 4.78 is 8.11. The quantitative estimate of drug-likeness (QED) is 0.505. The molecular formula is C27H34N4O4S. The predicted molar refractivity (Wildman–Crippen MR) is 143 cm³/mol. The van der Waals surface area contributed by atoms with Crippen LogP contribution in [-0.4, -0.2) is 45.8 Å². The zero-order valence-electron chi connectivity index (χ0n) is 21.2. The Labute approximate surface area is 215 Å². The summed E-state index contributed by atoms with van der Waals surface area (Å²) in [6.07, 6.45) is 1.73. The van der Waals surface area contributed by atoms with Gasteiger partial charge in [-0.1, -0.05) is 41.7 Å². The number of benzene rings is 2. The number of amides is 2. The van der Waals surface area contributed by atoms with Crippen LogP contribution in [0.25, 0.3) is 21.3 Å². The van der Waals surface area contributed by atoms with E-state index >= 15 is 0 Å². The second kappa shape index (κ2) is 10.4. The Morgan fingerprint density at radius 3 is 2.53 bits per heavy atom. The van der Waals surface area contributed by atoms with E-state index in [-0.39, 0.29) is 10.8 Å². The number of rotatable bonds is 5. The van der Waals surface area contributed by atoms with Crippen molar-refractivity contribution in [3.63, 3.8) is 0 Å². The number of carbonyl (C=O) groups excluding carboxylic acids is 2. The molecule has 2 amide bonds. The minimum atomic E-state index is -0.621. The average molecular weight is 511 g/mol. The van der Waals surface area contributed by atoms with E-state index in [1.807, 2.05) is 63.2 Å². The van der Waals surface area contributed by atoms with E-state index in [9.17, 15) is 14.4 Å². The van der Waals surface area contributed by atoms with Crippen molar-refractivity contribution in [3.8, 4) is 11.1 Å². The van der Waals surface area contributed by atoms with Gasteiger partial charge in [-0.3, -0.25) is 14.5 Å². The van der Waals surface area contributed by atoms with E-state index in [2.05, 4.69) is 5.32 Å². The molecule has 3 N–H and O–H groups in total. The molecule has 8 nitrogen and oxygen atoms in total. The van der Waals surface area contributed by atoms with E-state index in [1.165, 1.54) is 16.2 Å². The van der Waals surface area contributed by atoms with E-state index in [0.29, 0.717) is 19.4 Å².